The number of para-hydroxylation sites is 1. The van der Waals surface area contributed by atoms with Crippen LogP contribution in [-0.4, -0.2) is 65.7 Å². The first-order valence-corrected chi connectivity index (χ1v) is 8.72. The average Bonchev–Trinajstić information content (AvgIpc) is 2.72. The number of aliphatic hydroxyl groups is 3. The first kappa shape index (κ1) is 20.2. The summed E-state index contributed by atoms with van der Waals surface area (Å²) < 4.78 is 21.0. The van der Waals surface area contributed by atoms with Crippen molar-refractivity contribution in [2.45, 2.75) is 30.7 Å². The molecule has 1 fully saturated rings. The zero-order chi connectivity index (χ0) is 20.1. The smallest absolute Gasteiger partial charge is 0.338 e. The van der Waals surface area contributed by atoms with Gasteiger partial charge in [-0.2, -0.15) is 0 Å². The Bertz CT molecular complexity index is 762. The Labute approximate surface area is 161 Å². The normalized spacial score (nSPS) is 27.2. The maximum absolute atomic E-state index is 12.2. The van der Waals surface area contributed by atoms with Crippen molar-refractivity contribution in [1.82, 2.24) is 0 Å². The van der Waals surface area contributed by atoms with Gasteiger partial charge in [0.05, 0.1) is 5.56 Å². The number of hydrogen-bond donors (Lipinski definition) is 3. The minimum atomic E-state index is -1.48. The van der Waals surface area contributed by atoms with Crippen LogP contribution < -0.4 is 4.74 Å². The SMILES string of the molecule is CO[C@@H]1O[C@H](COC(=O)c2ccc(Oc3ccccc3)cc2)[C@@H](O)[C@H](O)[C@H]1O. The van der Waals surface area contributed by atoms with Crippen molar-refractivity contribution in [3.63, 3.8) is 0 Å². The van der Waals surface area contributed by atoms with Crippen LogP contribution in [0.5, 0.6) is 11.5 Å². The van der Waals surface area contributed by atoms with Crippen molar-refractivity contribution >= 4 is 5.97 Å². The van der Waals surface area contributed by atoms with E-state index in [0.29, 0.717) is 11.5 Å². The monoisotopic (exact) mass is 390 g/mol. The van der Waals surface area contributed by atoms with Gasteiger partial charge in [-0.1, -0.05) is 18.2 Å². The number of methoxy groups -OCH3 is 1. The first-order chi connectivity index (χ1) is 13.5. The van der Waals surface area contributed by atoms with Crippen molar-refractivity contribution in [3.8, 4) is 11.5 Å². The van der Waals surface area contributed by atoms with Crippen LogP contribution >= 0.6 is 0 Å². The first-order valence-electron chi connectivity index (χ1n) is 8.72. The van der Waals surface area contributed by atoms with Crippen LogP contribution in [-0.2, 0) is 14.2 Å². The Kier molecular flexibility index (Phi) is 6.61. The third kappa shape index (κ3) is 4.67. The summed E-state index contributed by atoms with van der Waals surface area (Å²) in [6.07, 6.45) is -6.46. The highest BCUT2D eigenvalue weighted by atomic mass is 16.7. The zero-order valence-corrected chi connectivity index (χ0v) is 15.2. The third-order valence-electron chi connectivity index (χ3n) is 4.35. The van der Waals surface area contributed by atoms with Gasteiger partial charge in [0.25, 0.3) is 0 Å². The quantitative estimate of drug-likeness (QED) is 0.628. The molecule has 0 saturated carbocycles. The topological polar surface area (TPSA) is 115 Å². The number of rotatable bonds is 6. The van der Waals surface area contributed by atoms with Gasteiger partial charge in [-0.25, -0.2) is 4.79 Å². The molecule has 1 saturated heterocycles. The van der Waals surface area contributed by atoms with Crippen molar-refractivity contribution in [3.05, 3.63) is 60.2 Å². The maximum Gasteiger partial charge on any atom is 0.338 e. The summed E-state index contributed by atoms with van der Waals surface area (Å²) in [7, 11) is 1.29. The number of esters is 1. The van der Waals surface area contributed by atoms with Crippen LogP contribution in [0, 0.1) is 0 Å². The van der Waals surface area contributed by atoms with Crippen molar-refractivity contribution < 1.29 is 39.1 Å². The van der Waals surface area contributed by atoms with Gasteiger partial charge in [0, 0.05) is 7.11 Å². The van der Waals surface area contributed by atoms with Gasteiger partial charge in [-0.3, -0.25) is 0 Å². The van der Waals surface area contributed by atoms with Crippen LogP contribution in [0.25, 0.3) is 0 Å². The summed E-state index contributed by atoms with van der Waals surface area (Å²) in [5.74, 6) is 0.611. The van der Waals surface area contributed by atoms with E-state index in [1.54, 1.807) is 24.3 Å². The van der Waals surface area contributed by atoms with Crippen LogP contribution in [0.15, 0.2) is 54.6 Å². The van der Waals surface area contributed by atoms with Crippen LogP contribution in [0.3, 0.4) is 0 Å². The van der Waals surface area contributed by atoms with Gasteiger partial charge in [-0.05, 0) is 36.4 Å². The van der Waals surface area contributed by atoms with Gasteiger partial charge >= 0.3 is 5.97 Å². The fraction of sp³-hybridized carbons (Fsp3) is 0.350. The minimum absolute atomic E-state index is 0.287. The highest BCUT2D eigenvalue weighted by Crippen LogP contribution is 2.23. The number of carbonyl (C=O) groups excluding carboxylic acids is 1. The molecule has 0 unspecified atom stereocenters. The Morgan fingerprint density at radius 2 is 1.57 bits per heavy atom. The van der Waals surface area contributed by atoms with E-state index in [2.05, 4.69) is 0 Å². The number of ether oxygens (including phenoxy) is 4. The lowest BCUT2D eigenvalue weighted by Crippen LogP contribution is -2.59. The standard InChI is InChI=1S/C20H22O8/c1-25-20-18(23)17(22)16(21)15(28-20)11-26-19(24)12-7-9-14(10-8-12)27-13-5-3-2-4-6-13/h2-10,15-18,20-23H,11H2,1H3/t15-,16-,17+,18-,20-/m1/s1. The molecule has 8 heteroatoms. The van der Waals surface area contributed by atoms with Gasteiger partial charge in [0.2, 0.25) is 0 Å². The zero-order valence-electron chi connectivity index (χ0n) is 15.2. The summed E-state index contributed by atoms with van der Waals surface area (Å²) in [5.41, 5.74) is 0.287. The van der Waals surface area contributed by atoms with Crippen LogP contribution in [0.4, 0.5) is 0 Å². The van der Waals surface area contributed by atoms with Crippen LogP contribution in [0.1, 0.15) is 10.4 Å². The predicted molar refractivity (Wildman–Crippen MR) is 96.9 cm³/mol. The number of hydrogen-bond acceptors (Lipinski definition) is 8. The summed E-state index contributed by atoms with van der Waals surface area (Å²) in [6, 6.07) is 15.6. The van der Waals surface area contributed by atoms with E-state index in [-0.39, 0.29) is 12.2 Å². The predicted octanol–water partition coefficient (Wildman–Crippen LogP) is 1.09. The molecule has 0 spiro atoms. The molecule has 1 heterocycles. The van der Waals surface area contributed by atoms with Crippen LogP contribution in [0.2, 0.25) is 0 Å². The fourth-order valence-electron chi connectivity index (χ4n) is 2.77. The summed E-state index contributed by atoms with van der Waals surface area (Å²) >= 11 is 0. The second-order valence-corrected chi connectivity index (χ2v) is 6.29. The molecule has 2 aromatic rings. The average molecular weight is 390 g/mol. The molecule has 0 aliphatic carbocycles. The fourth-order valence-corrected chi connectivity index (χ4v) is 2.77. The lowest BCUT2D eigenvalue weighted by Gasteiger charge is -2.39. The van der Waals surface area contributed by atoms with Crippen molar-refractivity contribution in [1.29, 1.82) is 0 Å². The summed E-state index contributed by atoms with van der Waals surface area (Å²) in [4.78, 5) is 12.2. The number of carbonyl (C=O) groups is 1. The molecule has 3 N–H and O–H groups in total. The lowest BCUT2D eigenvalue weighted by molar-refractivity contribution is -0.294. The molecule has 8 nitrogen and oxygen atoms in total. The van der Waals surface area contributed by atoms with E-state index in [1.807, 2.05) is 30.3 Å². The molecule has 0 bridgehead atoms. The highest BCUT2D eigenvalue weighted by Gasteiger charge is 2.44. The molecule has 1 aliphatic heterocycles. The molecule has 0 amide bonds. The van der Waals surface area contributed by atoms with Crippen molar-refractivity contribution in [2.24, 2.45) is 0 Å². The summed E-state index contributed by atoms with van der Waals surface area (Å²) in [5, 5.41) is 29.6. The molecular weight excluding hydrogens is 368 g/mol. The van der Waals surface area contributed by atoms with E-state index in [9.17, 15) is 20.1 Å². The Balaban J connectivity index is 1.56. The molecule has 5 atom stereocenters. The Hall–Kier alpha value is -2.49. The van der Waals surface area contributed by atoms with Gasteiger partial charge in [0.15, 0.2) is 6.29 Å². The molecule has 2 aromatic carbocycles. The Morgan fingerprint density at radius 3 is 2.21 bits per heavy atom. The molecule has 150 valence electrons. The molecule has 1 aliphatic rings. The molecular formula is C20H22O8. The van der Waals surface area contributed by atoms with Gasteiger partial charge < -0.3 is 34.3 Å². The molecule has 3 rings (SSSR count). The second-order valence-electron chi connectivity index (χ2n) is 6.29. The van der Waals surface area contributed by atoms with Gasteiger partial charge in [-0.15, -0.1) is 0 Å². The third-order valence-corrected chi connectivity index (χ3v) is 4.35. The van der Waals surface area contributed by atoms with E-state index >= 15 is 0 Å². The highest BCUT2D eigenvalue weighted by molar-refractivity contribution is 5.89. The molecule has 0 aromatic heterocycles. The number of benzene rings is 2. The van der Waals surface area contributed by atoms with E-state index < -0.39 is 36.7 Å². The molecule has 0 radical (unpaired) electrons. The minimum Gasteiger partial charge on any atom is -0.459 e. The summed E-state index contributed by atoms with van der Waals surface area (Å²) in [6.45, 7) is -0.314. The number of aliphatic hydroxyl groups excluding tert-OH is 3. The maximum atomic E-state index is 12.2. The largest absolute Gasteiger partial charge is 0.459 e. The second kappa shape index (κ2) is 9.13. The lowest BCUT2D eigenvalue weighted by atomic mass is 9.99. The molecule has 28 heavy (non-hydrogen) atoms. The van der Waals surface area contributed by atoms with Gasteiger partial charge in [0.1, 0.15) is 42.5 Å². The van der Waals surface area contributed by atoms with E-state index in [1.165, 1.54) is 7.11 Å². The van der Waals surface area contributed by atoms with E-state index in [0.717, 1.165) is 0 Å². The Morgan fingerprint density at radius 1 is 0.929 bits per heavy atom. The van der Waals surface area contributed by atoms with Crippen molar-refractivity contribution in [2.75, 3.05) is 13.7 Å². The van der Waals surface area contributed by atoms with E-state index in [4.69, 9.17) is 18.9 Å².